The van der Waals surface area contributed by atoms with E-state index < -0.39 is 0 Å². The van der Waals surface area contributed by atoms with Crippen molar-refractivity contribution in [1.82, 2.24) is 0 Å². The minimum absolute atomic E-state index is 0.510. The fourth-order valence-electron chi connectivity index (χ4n) is 1.81. The molecule has 2 rings (SSSR count). The first-order valence-electron chi connectivity index (χ1n) is 6.26. The van der Waals surface area contributed by atoms with Crippen LogP contribution in [0.2, 0.25) is 0 Å². The lowest BCUT2D eigenvalue weighted by Crippen LogP contribution is -1.99. The van der Waals surface area contributed by atoms with Crippen molar-refractivity contribution >= 4 is 5.90 Å². The van der Waals surface area contributed by atoms with Gasteiger partial charge in [0.15, 0.2) is 0 Å². The van der Waals surface area contributed by atoms with Crippen molar-refractivity contribution < 1.29 is 4.74 Å². The summed E-state index contributed by atoms with van der Waals surface area (Å²) in [6.45, 7) is 6.21. The molecule has 0 spiro atoms. The predicted octanol–water partition coefficient (Wildman–Crippen LogP) is 4.04. The van der Waals surface area contributed by atoms with Crippen LogP contribution in [0.3, 0.4) is 0 Å². The summed E-state index contributed by atoms with van der Waals surface area (Å²) in [5, 5.41) is 0. The van der Waals surface area contributed by atoms with Crippen molar-refractivity contribution in [3.63, 3.8) is 0 Å². The molecule has 0 fully saturated rings. The van der Waals surface area contributed by atoms with Gasteiger partial charge in [-0.1, -0.05) is 49.1 Å². The Bertz CT molecular complexity index is 562. The standard InChI is InChI=1S/C17H17NO/c1-3-8-14(9-4-2)12-16-13-19-17(18-16)15-10-6-5-7-11-15/h3-12H,1,13H2,2H3/b9-4-,14-8+,16-12-. The summed E-state index contributed by atoms with van der Waals surface area (Å²) < 4.78 is 5.61. The van der Waals surface area contributed by atoms with Crippen molar-refractivity contribution in [1.29, 1.82) is 0 Å². The fourth-order valence-corrected chi connectivity index (χ4v) is 1.81. The Morgan fingerprint density at radius 3 is 2.79 bits per heavy atom. The van der Waals surface area contributed by atoms with Crippen molar-refractivity contribution in [2.24, 2.45) is 4.99 Å². The Labute approximate surface area is 114 Å². The molecule has 0 saturated carbocycles. The number of hydrogen-bond acceptors (Lipinski definition) is 2. The van der Waals surface area contributed by atoms with Gasteiger partial charge in [-0.25, -0.2) is 4.99 Å². The van der Waals surface area contributed by atoms with Crippen LogP contribution in [0.5, 0.6) is 0 Å². The van der Waals surface area contributed by atoms with Gasteiger partial charge in [0.1, 0.15) is 6.61 Å². The summed E-state index contributed by atoms with van der Waals surface area (Å²) in [6, 6.07) is 9.92. The van der Waals surface area contributed by atoms with E-state index >= 15 is 0 Å². The molecule has 1 heterocycles. The van der Waals surface area contributed by atoms with E-state index in [1.807, 2.05) is 61.6 Å². The van der Waals surface area contributed by atoms with Crippen LogP contribution in [-0.2, 0) is 4.74 Å². The molecule has 0 atom stereocenters. The number of ether oxygens (including phenoxy) is 1. The van der Waals surface area contributed by atoms with Gasteiger partial charge in [0.25, 0.3) is 0 Å². The molecule has 0 aliphatic carbocycles. The Balaban J connectivity index is 2.23. The largest absolute Gasteiger partial charge is 0.471 e. The van der Waals surface area contributed by atoms with Gasteiger partial charge < -0.3 is 4.74 Å². The summed E-state index contributed by atoms with van der Waals surface area (Å²) in [5.74, 6) is 0.685. The summed E-state index contributed by atoms with van der Waals surface area (Å²) in [7, 11) is 0. The Morgan fingerprint density at radius 2 is 2.11 bits per heavy atom. The van der Waals surface area contributed by atoms with E-state index in [4.69, 9.17) is 4.74 Å². The predicted molar refractivity (Wildman–Crippen MR) is 80.1 cm³/mol. The highest BCUT2D eigenvalue weighted by molar-refractivity contribution is 5.96. The molecule has 0 N–H and O–H groups in total. The van der Waals surface area contributed by atoms with Crippen LogP contribution in [0.25, 0.3) is 0 Å². The summed E-state index contributed by atoms with van der Waals surface area (Å²) >= 11 is 0. The first-order valence-corrected chi connectivity index (χ1v) is 6.26. The molecule has 2 heteroatoms. The third-order valence-electron chi connectivity index (χ3n) is 2.63. The van der Waals surface area contributed by atoms with Crippen molar-refractivity contribution in [3.8, 4) is 0 Å². The molecule has 96 valence electrons. The Morgan fingerprint density at radius 1 is 1.32 bits per heavy atom. The smallest absolute Gasteiger partial charge is 0.221 e. The van der Waals surface area contributed by atoms with Crippen molar-refractivity contribution in [2.45, 2.75) is 6.92 Å². The zero-order valence-corrected chi connectivity index (χ0v) is 11.0. The zero-order chi connectivity index (χ0) is 13.5. The molecule has 1 aliphatic heterocycles. The normalized spacial score (nSPS) is 17.6. The second kappa shape index (κ2) is 6.55. The number of nitrogens with zero attached hydrogens (tertiary/aromatic N) is 1. The van der Waals surface area contributed by atoms with E-state index in [0.717, 1.165) is 16.8 Å². The Hall–Kier alpha value is -2.35. The van der Waals surface area contributed by atoms with E-state index in [2.05, 4.69) is 11.6 Å². The molecule has 0 radical (unpaired) electrons. The Kier molecular flexibility index (Phi) is 4.51. The summed E-state index contributed by atoms with van der Waals surface area (Å²) in [6.07, 6.45) is 9.74. The third kappa shape index (κ3) is 3.55. The van der Waals surface area contributed by atoms with Crippen LogP contribution in [0.15, 0.2) is 83.6 Å². The second-order valence-electron chi connectivity index (χ2n) is 4.11. The van der Waals surface area contributed by atoms with Crippen LogP contribution in [-0.4, -0.2) is 12.5 Å². The molecule has 19 heavy (non-hydrogen) atoms. The molecular formula is C17H17NO. The molecular weight excluding hydrogens is 234 g/mol. The van der Waals surface area contributed by atoms with Crippen LogP contribution in [0.1, 0.15) is 12.5 Å². The topological polar surface area (TPSA) is 21.6 Å². The van der Waals surface area contributed by atoms with Gasteiger partial charge in [0.05, 0.1) is 5.70 Å². The van der Waals surface area contributed by atoms with Gasteiger partial charge in [-0.3, -0.25) is 0 Å². The van der Waals surface area contributed by atoms with E-state index in [9.17, 15) is 0 Å². The molecule has 1 aromatic carbocycles. The fraction of sp³-hybridized carbons (Fsp3) is 0.118. The number of hydrogen-bond donors (Lipinski definition) is 0. The monoisotopic (exact) mass is 251 g/mol. The summed E-state index contributed by atoms with van der Waals surface area (Å²) in [5.41, 5.74) is 2.99. The van der Waals surface area contributed by atoms with E-state index in [0.29, 0.717) is 12.5 Å². The van der Waals surface area contributed by atoms with Crippen molar-refractivity contribution in [3.05, 3.63) is 84.1 Å². The highest BCUT2D eigenvalue weighted by Crippen LogP contribution is 2.16. The van der Waals surface area contributed by atoms with Gasteiger partial charge in [-0.05, 0) is 30.7 Å². The van der Waals surface area contributed by atoms with Crippen LogP contribution in [0, 0.1) is 0 Å². The van der Waals surface area contributed by atoms with Crippen LogP contribution in [0.4, 0.5) is 0 Å². The number of allylic oxidation sites excluding steroid dienone is 6. The maximum absolute atomic E-state index is 5.61. The van der Waals surface area contributed by atoms with E-state index in [1.165, 1.54) is 0 Å². The molecule has 0 saturated heterocycles. The molecule has 0 aromatic heterocycles. The number of aliphatic imine (C=N–C) groups is 1. The van der Waals surface area contributed by atoms with Crippen LogP contribution >= 0.6 is 0 Å². The molecule has 1 aliphatic rings. The molecule has 0 bridgehead atoms. The molecule has 2 nitrogen and oxygen atoms in total. The van der Waals surface area contributed by atoms with Gasteiger partial charge in [-0.2, -0.15) is 0 Å². The molecule has 1 aromatic rings. The van der Waals surface area contributed by atoms with E-state index in [1.54, 1.807) is 6.08 Å². The lowest BCUT2D eigenvalue weighted by molar-refractivity contribution is 0.364. The maximum atomic E-state index is 5.61. The quantitative estimate of drug-likeness (QED) is 0.740. The lowest BCUT2D eigenvalue weighted by Gasteiger charge is -1.98. The molecule has 0 amide bonds. The maximum Gasteiger partial charge on any atom is 0.221 e. The third-order valence-corrected chi connectivity index (χ3v) is 2.63. The average molecular weight is 251 g/mol. The summed E-state index contributed by atoms with van der Waals surface area (Å²) in [4.78, 5) is 4.51. The van der Waals surface area contributed by atoms with Crippen molar-refractivity contribution in [2.75, 3.05) is 6.61 Å². The van der Waals surface area contributed by atoms with Gasteiger partial charge in [-0.15, -0.1) is 0 Å². The zero-order valence-electron chi connectivity index (χ0n) is 11.0. The van der Waals surface area contributed by atoms with Gasteiger partial charge in [0, 0.05) is 5.56 Å². The van der Waals surface area contributed by atoms with Gasteiger partial charge in [0.2, 0.25) is 5.90 Å². The first kappa shape index (κ1) is 13.1. The lowest BCUT2D eigenvalue weighted by atomic mass is 10.2. The second-order valence-corrected chi connectivity index (χ2v) is 4.11. The number of rotatable bonds is 4. The molecule has 0 unspecified atom stereocenters. The SMILES string of the molecule is C=C/C=C(\C=C/C)/C=C1/COC(c2ccccc2)=N1. The van der Waals surface area contributed by atoms with Gasteiger partial charge >= 0.3 is 0 Å². The van der Waals surface area contributed by atoms with Crippen LogP contribution < -0.4 is 0 Å². The number of benzene rings is 1. The minimum Gasteiger partial charge on any atom is -0.471 e. The van der Waals surface area contributed by atoms with E-state index in [-0.39, 0.29) is 0 Å². The minimum atomic E-state index is 0.510. The average Bonchev–Trinajstić information content (AvgIpc) is 2.89. The first-order chi connectivity index (χ1) is 9.33. The highest BCUT2D eigenvalue weighted by atomic mass is 16.5. The highest BCUT2D eigenvalue weighted by Gasteiger charge is 2.13.